The summed E-state index contributed by atoms with van der Waals surface area (Å²) in [7, 11) is 0. The molecule has 1 aromatic rings. The molecular formula is C11H15N3O5. The van der Waals surface area contributed by atoms with Crippen molar-refractivity contribution in [1.82, 2.24) is 15.5 Å². The Bertz CT molecular complexity index is 489. The topological polar surface area (TPSA) is 132 Å². The molecule has 1 rings (SSSR count). The highest BCUT2D eigenvalue weighted by Crippen LogP contribution is 2.10. The highest BCUT2D eigenvalue weighted by atomic mass is 16.4. The second-order valence-electron chi connectivity index (χ2n) is 4.11. The largest absolute Gasteiger partial charge is 0.481 e. The van der Waals surface area contributed by atoms with Gasteiger partial charge in [-0.3, -0.25) is 14.7 Å². The van der Waals surface area contributed by atoms with Gasteiger partial charge in [0, 0.05) is 12.1 Å². The fourth-order valence-corrected chi connectivity index (χ4v) is 1.64. The first-order valence-electron chi connectivity index (χ1n) is 5.60. The standard InChI is InChI=1S/C11H15N3O5/c1-5-9(6(2)14-13-5)10(17)12-7(11(18)19)3-4-8(15)16/h7H,3-4H2,1-2H3,(H,12,17)(H,13,14)(H,15,16)(H,18,19). The molecule has 1 heterocycles. The Balaban J connectivity index is 2.77. The predicted octanol–water partition coefficient (Wildman–Crippen LogP) is 0.0743. The number of aliphatic carboxylic acids is 2. The van der Waals surface area contributed by atoms with Crippen LogP contribution < -0.4 is 5.32 Å². The Hall–Kier alpha value is -2.38. The second-order valence-corrected chi connectivity index (χ2v) is 4.11. The van der Waals surface area contributed by atoms with E-state index in [2.05, 4.69) is 15.5 Å². The molecule has 1 aromatic heterocycles. The summed E-state index contributed by atoms with van der Waals surface area (Å²) in [5.41, 5.74) is 1.26. The minimum absolute atomic E-state index is 0.174. The summed E-state index contributed by atoms with van der Waals surface area (Å²) >= 11 is 0. The Kier molecular flexibility index (Phi) is 4.62. The zero-order valence-electron chi connectivity index (χ0n) is 10.6. The summed E-state index contributed by atoms with van der Waals surface area (Å²) in [5, 5.41) is 26.2. The summed E-state index contributed by atoms with van der Waals surface area (Å²) in [6.07, 6.45) is -0.507. The lowest BCUT2D eigenvalue weighted by Crippen LogP contribution is -2.41. The van der Waals surface area contributed by atoms with Crippen LogP contribution in [0.1, 0.15) is 34.6 Å². The Labute approximate surface area is 108 Å². The Morgan fingerprint density at radius 1 is 1.32 bits per heavy atom. The smallest absolute Gasteiger partial charge is 0.326 e. The van der Waals surface area contributed by atoms with E-state index in [4.69, 9.17) is 10.2 Å². The van der Waals surface area contributed by atoms with E-state index in [9.17, 15) is 14.4 Å². The second kappa shape index (κ2) is 5.98. The number of aromatic nitrogens is 2. The summed E-state index contributed by atoms with van der Waals surface area (Å²) < 4.78 is 0. The van der Waals surface area contributed by atoms with Crippen LogP contribution in [0.2, 0.25) is 0 Å². The van der Waals surface area contributed by atoms with Crippen molar-refractivity contribution in [2.75, 3.05) is 0 Å². The zero-order chi connectivity index (χ0) is 14.6. The minimum Gasteiger partial charge on any atom is -0.481 e. The normalized spacial score (nSPS) is 11.9. The third-order valence-corrected chi connectivity index (χ3v) is 2.61. The average Bonchev–Trinajstić information content (AvgIpc) is 2.63. The van der Waals surface area contributed by atoms with E-state index in [0.29, 0.717) is 11.4 Å². The molecule has 0 spiro atoms. The molecule has 19 heavy (non-hydrogen) atoms. The van der Waals surface area contributed by atoms with Crippen molar-refractivity contribution in [2.45, 2.75) is 32.7 Å². The first-order valence-corrected chi connectivity index (χ1v) is 5.60. The third-order valence-electron chi connectivity index (χ3n) is 2.61. The lowest BCUT2D eigenvalue weighted by molar-refractivity contribution is -0.140. The summed E-state index contributed by atoms with van der Waals surface area (Å²) in [6, 6.07) is -1.24. The van der Waals surface area contributed by atoms with E-state index >= 15 is 0 Å². The van der Waals surface area contributed by atoms with Crippen molar-refractivity contribution in [3.63, 3.8) is 0 Å². The van der Waals surface area contributed by atoms with Crippen LogP contribution in [0.3, 0.4) is 0 Å². The van der Waals surface area contributed by atoms with Crippen molar-refractivity contribution in [2.24, 2.45) is 0 Å². The molecule has 0 fully saturated rings. The highest BCUT2D eigenvalue weighted by molar-refractivity contribution is 5.98. The number of hydrogen-bond donors (Lipinski definition) is 4. The van der Waals surface area contributed by atoms with Gasteiger partial charge in [0.05, 0.1) is 11.3 Å². The zero-order valence-corrected chi connectivity index (χ0v) is 10.6. The predicted molar refractivity (Wildman–Crippen MR) is 63.8 cm³/mol. The highest BCUT2D eigenvalue weighted by Gasteiger charge is 2.24. The van der Waals surface area contributed by atoms with Gasteiger partial charge in [0.1, 0.15) is 6.04 Å². The van der Waals surface area contributed by atoms with Gasteiger partial charge in [0.25, 0.3) is 5.91 Å². The van der Waals surface area contributed by atoms with Gasteiger partial charge in [-0.2, -0.15) is 5.10 Å². The van der Waals surface area contributed by atoms with Crippen LogP contribution in [0.15, 0.2) is 0 Å². The molecule has 0 saturated heterocycles. The van der Waals surface area contributed by atoms with Crippen LogP contribution in [0.5, 0.6) is 0 Å². The number of nitrogens with zero attached hydrogens (tertiary/aromatic N) is 1. The van der Waals surface area contributed by atoms with Gasteiger partial charge in [-0.15, -0.1) is 0 Å². The van der Waals surface area contributed by atoms with Crippen molar-refractivity contribution >= 4 is 17.8 Å². The number of H-pyrrole nitrogens is 1. The number of carbonyl (C=O) groups excluding carboxylic acids is 1. The van der Waals surface area contributed by atoms with Crippen molar-refractivity contribution in [1.29, 1.82) is 0 Å². The minimum atomic E-state index is -1.27. The number of amides is 1. The molecule has 1 amide bonds. The molecule has 0 aliphatic rings. The molecule has 1 unspecified atom stereocenters. The fourth-order valence-electron chi connectivity index (χ4n) is 1.64. The quantitative estimate of drug-likeness (QED) is 0.578. The van der Waals surface area contributed by atoms with Crippen LogP contribution in [0.4, 0.5) is 0 Å². The molecule has 0 radical (unpaired) electrons. The van der Waals surface area contributed by atoms with E-state index in [1.807, 2.05) is 0 Å². The summed E-state index contributed by atoms with van der Waals surface area (Å²) in [4.78, 5) is 33.3. The number of aryl methyl sites for hydroxylation is 2. The van der Waals surface area contributed by atoms with Crippen molar-refractivity contribution in [3.8, 4) is 0 Å². The van der Waals surface area contributed by atoms with E-state index in [0.717, 1.165) is 0 Å². The van der Waals surface area contributed by atoms with Gasteiger partial charge in [-0.05, 0) is 20.3 Å². The maximum Gasteiger partial charge on any atom is 0.326 e. The number of carbonyl (C=O) groups is 3. The van der Waals surface area contributed by atoms with Crippen LogP contribution in [0.25, 0.3) is 0 Å². The number of nitrogens with one attached hydrogen (secondary N) is 2. The summed E-state index contributed by atoms with van der Waals surface area (Å²) in [5.74, 6) is -2.97. The van der Waals surface area contributed by atoms with Crippen LogP contribution >= 0.6 is 0 Å². The van der Waals surface area contributed by atoms with Gasteiger partial charge >= 0.3 is 11.9 Å². The van der Waals surface area contributed by atoms with Gasteiger partial charge in [0.2, 0.25) is 0 Å². The number of carboxylic acid groups (broad SMARTS) is 2. The number of aromatic amines is 1. The lowest BCUT2D eigenvalue weighted by Gasteiger charge is -2.13. The van der Waals surface area contributed by atoms with E-state index in [1.165, 1.54) is 0 Å². The molecule has 8 heteroatoms. The average molecular weight is 269 g/mol. The van der Waals surface area contributed by atoms with Gasteiger partial charge < -0.3 is 15.5 Å². The first-order chi connectivity index (χ1) is 8.82. The Morgan fingerprint density at radius 3 is 2.37 bits per heavy atom. The molecule has 8 nitrogen and oxygen atoms in total. The summed E-state index contributed by atoms with van der Waals surface area (Å²) in [6.45, 7) is 3.26. The fraction of sp³-hybridized carbons (Fsp3) is 0.455. The molecule has 1 atom stereocenters. The molecular weight excluding hydrogens is 254 g/mol. The van der Waals surface area contributed by atoms with Crippen molar-refractivity contribution in [3.05, 3.63) is 17.0 Å². The maximum absolute atomic E-state index is 11.9. The Morgan fingerprint density at radius 2 is 1.95 bits per heavy atom. The number of hydrogen-bond acceptors (Lipinski definition) is 4. The lowest BCUT2D eigenvalue weighted by atomic mass is 10.1. The van der Waals surface area contributed by atoms with Crippen LogP contribution in [0, 0.1) is 13.8 Å². The molecule has 0 saturated carbocycles. The number of rotatable bonds is 6. The van der Waals surface area contributed by atoms with E-state index in [-0.39, 0.29) is 18.4 Å². The molecule has 0 aliphatic carbocycles. The van der Waals surface area contributed by atoms with E-state index < -0.39 is 23.9 Å². The maximum atomic E-state index is 11.9. The van der Waals surface area contributed by atoms with Gasteiger partial charge in [0.15, 0.2) is 0 Å². The van der Waals surface area contributed by atoms with Crippen LogP contribution in [-0.4, -0.2) is 44.3 Å². The molecule has 0 aliphatic heterocycles. The monoisotopic (exact) mass is 269 g/mol. The first kappa shape index (κ1) is 14.7. The molecule has 0 aromatic carbocycles. The third kappa shape index (κ3) is 3.80. The SMILES string of the molecule is Cc1n[nH]c(C)c1C(=O)NC(CCC(=O)O)C(=O)O. The molecule has 0 bridgehead atoms. The van der Waals surface area contributed by atoms with Gasteiger partial charge in [-0.1, -0.05) is 0 Å². The number of carboxylic acids is 2. The molecule has 104 valence electrons. The van der Waals surface area contributed by atoms with E-state index in [1.54, 1.807) is 13.8 Å². The van der Waals surface area contributed by atoms with Gasteiger partial charge in [-0.25, -0.2) is 4.79 Å². The molecule has 4 N–H and O–H groups in total. The van der Waals surface area contributed by atoms with Crippen molar-refractivity contribution < 1.29 is 24.6 Å². The van der Waals surface area contributed by atoms with Crippen LogP contribution in [-0.2, 0) is 9.59 Å².